The number of thiophene rings is 1. The van der Waals surface area contributed by atoms with E-state index in [2.05, 4.69) is 10.0 Å². The highest BCUT2D eigenvalue weighted by Gasteiger charge is 2.18. The van der Waals surface area contributed by atoms with Crippen molar-refractivity contribution >= 4 is 17.2 Å². The summed E-state index contributed by atoms with van der Waals surface area (Å²) in [4.78, 5) is 15.8. The van der Waals surface area contributed by atoms with E-state index in [1.807, 2.05) is 42.9 Å². The second-order valence-electron chi connectivity index (χ2n) is 3.55. The molecule has 0 atom stereocenters. The predicted octanol–water partition coefficient (Wildman–Crippen LogP) is 3.61. The maximum Gasteiger partial charge on any atom is 0.261 e. The number of aromatic nitrogens is 1. The fraction of sp³-hybridized carbons (Fsp3) is 0.182. The molecule has 0 unspecified atom stereocenters. The molecule has 5 nitrogen and oxygen atoms in total. The molecule has 0 N–H and O–H groups in total. The summed E-state index contributed by atoms with van der Waals surface area (Å²) in [7, 11) is 0. The summed E-state index contributed by atoms with van der Waals surface area (Å²) in [5.41, 5.74) is 10.2. The molecule has 2 aromatic rings. The number of rotatable bonds is 2. The second-order valence-corrected chi connectivity index (χ2v) is 4.77. The van der Waals surface area contributed by atoms with Gasteiger partial charge in [0.15, 0.2) is 0 Å². The van der Waals surface area contributed by atoms with Gasteiger partial charge < -0.3 is 4.57 Å². The Morgan fingerprint density at radius 1 is 1.41 bits per heavy atom. The first-order valence-corrected chi connectivity index (χ1v) is 5.79. The van der Waals surface area contributed by atoms with Gasteiger partial charge in [0.05, 0.1) is 5.69 Å². The lowest BCUT2D eigenvalue weighted by Crippen LogP contribution is -1.99. The first-order valence-electron chi connectivity index (χ1n) is 4.98. The average Bonchev–Trinajstić information content (AvgIpc) is 2.89. The number of carbonyl (C=O) groups excluding carboxylic acids is 1. The van der Waals surface area contributed by atoms with E-state index in [1.54, 1.807) is 0 Å². The van der Waals surface area contributed by atoms with Crippen molar-refractivity contribution in [3.8, 4) is 5.69 Å². The highest BCUT2D eigenvalue weighted by molar-refractivity contribution is 7.14. The number of amides is 1. The topological polar surface area (TPSA) is 70.8 Å². The first-order chi connectivity index (χ1) is 8.15. The number of hydrogen-bond acceptors (Lipinski definition) is 2. The summed E-state index contributed by atoms with van der Waals surface area (Å²) in [5, 5.41) is 3.16. The molecule has 17 heavy (non-hydrogen) atoms. The standard InChI is InChI=1S/C11H10N4OS/c1-7-8(2)17-10(11(16)13-14-12)9(7)15-5-3-4-6-15/h3-6H,1-2H3. The molecule has 2 aromatic heterocycles. The molecule has 6 heteroatoms. The van der Waals surface area contributed by atoms with Gasteiger partial charge in [-0.25, -0.2) is 0 Å². The Kier molecular flexibility index (Phi) is 2.99. The van der Waals surface area contributed by atoms with Crippen LogP contribution < -0.4 is 0 Å². The lowest BCUT2D eigenvalue weighted by atomic mass is 10.2. The normalized spacial score (nSPS) is 10.0. The molecule has 2 heterocycles. The molecule has 0 aliphatic heterocycles. The summed E-state index contributed by atoms with van der Waals surface area (Å²) in [6.07, 6.45) is 3.72. The van der Waals surface area contributed by atoms with Crippen LogP contribution in [0.4, 0.5) is 0 Å². The van der Waals surface area contributed by atoms with Crippen molar-refractivity contribution in [3.63, 3.8) is 0 Å². The van der Waals surface area contributed by atoms with Crippen molar-refractivity contribution in [2.24, 2.45) is 5.11 Å². The van der Waals surface area contributed by atoms with Crippen LogP contribution in [0.1, 0.15) is 20.1 Å². The molecule has 0 saturated carbocycles. The summed E-state index contributed by atoms with van der Waals surface area (Å²) in [5.74, 6) is -0.530. The quantitative estimate of drug-likeness (QED) is 0.453. The molecule has 2 rings (SSSR count). The zero-order chi connectivity index (χ0) is 12.4. The molecule has 0 saturated heterocycles. The summed E-state index contributed by atoms with van der Waals surface area (Å²) < 4.78 is 1.86. The van der Waals surface area contributed by atoms with Gasteiger partial charge >= 0.3 is 0 Å². The van der Waals surface area contributed by atoms with Crippen molar-refractivity contribution < 1.29 is 4.79 Å². The molecule has 1 amide bonds. The van der Waals surface area contributed by atoms with E-state index in [9.17, 15) is 4.79 Å². The van der Waals surface area contributed by atoms with Gasteiger partial charge in [0.25, 0.3) is 5.91 Å². The van der Waals surface area contributed by atoms with Crippen LogP contribution in [0.25, 0.3) is 16.1 Å². The Hall–Kier alpha value is -2.04. The van der Waals surface area contributed by atoms with Gasteiger partial charge in [0.1, 0.15) is 4.88 Å². The third-order valence-corrected chi connectivity index (χ3v) is 3.73. The average molecular weight is 246 g/mol. The Morgan fingerprint density at radius 3 is 2.65 bits per heavy atom. The number of nitrogens with zero attached hydrogens (tertiary/aromatic N) is 4. The van der Waals surface area contributed by atoms with Crippen LogP contribution in [0, 0.1) is 13.8 Å². The van der Waals surface area contributed by atoms with Gasteiger partial charge in [-0.05, 0) is 42.2 Å². The smallest absolute Gasteiger partial charge is 0.261 e. The Morgan fingerprint density at radius 2 is 2.06 bits per heavy atom. The van der Waals surface area contributed by atoms with Gasteiger partial charge in [0.2, 0.25) is 0 Å². The highest BCUT2D eigenvalue weighted by Crippen LogP contribution is 2.31. The van der Waals surface area contributed by atoms with E-state index >= 15 is 0 Å². The van der Waals surface area contributed by atoms with Crippen LogP contribution in [0.3, 0.4) is 0 Å². The van der Waals surface area contributed by atoms with E-state index in [4.69, 9.17) is 5.53 Å². The Bertz CT molecular complexity index is 606. The summed E-state index contributed by atoms with van der Waals surface area (Å²) in [6.45, 7) is 3.90. The molecule has 0 aliphatic rings. The van der Waals surface area contributed by atoms with Crippen molar-refractivity contribution in [3.05, 3.63) is 50.3 Å². The monoisotopic (exact) mass is 246 g/mol. The van der Waals surface area contributed by atoms with E-state index < -0.39 is 5.91 Å². The largest absolute Gasteiger partial charge is 0.322 e. The number of azide groups is 1. The number of hydrogen-bond donors (Lipinski definition) is 0. The highest BCUT2D eigenvalue weighted by atomic mass is 32.1. The molecule has 0 aliphatic carbocycles. The molecule has 0 bridgehead atoms. The molecule has 86 valence electrons. The van der Waals surface area contributed by atoms with Gasteiger partial charge in [-0.3, -0.25) is 4.79 Å². The van der Waals surface area contributed by atoms with Gasteiger partial charge in [0, 0.05) is 22.2 Å². The van der Waals surface area contributed by atoms with Gasteiger partial charge in [-0.1, -0.05) is 0 Å². The van der Waals surface area contributed by atoms with Crippen LogP contribution in [0.15, 0.2) is 29.6 Å². The zero-order valence-electron chi connectivity index (χ0n) is 9.41. The first kappa shape index (κ1) is 11.4. The zero-order valence-corrected chi connectivity index (χ0v) is 10.2. The maximum atomic E-state index is 11.7. The van der Waals surface area contributed by atoms with Gasteiger partial charge in [-0.2, -0.15) is 0 Å². The minimum Gasteiger partial charge on any atom is -0.322 e. The third kappa shape index (κ3) is 1.95. The minimum atomic E-state index is -0.530. The molecule has 0 aromatic carbocycles. The summed E-state index contributed by atoms with van der Waals surface area (Å²) >= 11 is 1.35. The molecular formula is C11H10N4OS. The van der Waals surface area contributed by atoms with Crippen LogP contribution in [-0.4, -0.2) is 10.5 Å². The fourth-order valence-electron chi connectivity index (χ4n) is 1.64. The van der Waals surface area contributed by atoms with Crippen LogP contribution in [-0.2, 0) is 0 Å². The van der Waals surface area contributed by atoms with Crippen molar-refractivity contribution in [1.29, 1.82) is 0 Å². The van der Waals surface area contributed by atoms with E-state index in [-0.39, 0.29) is 0 Å². The van der Waals surface area contributed by atoms with Crippen molar-refractivity contribution in [1.82, 2.24) is 4.57 Å². The SMILES string of the molecule is Cc1sc(C(=O)N=[N+]=[N-])c(-n2cccc2)c1C. The molecule has 0 radical (unpaired) electrons. The van der Waals surface area contributed by atoms with Crippen LogP contribution >= 0.6 is 11.3 Å². The van der Waals surface area contributed by atoms with Crippen molar-refractivity contribution in [2.75, 3.05) is 0 Å². The number of aryl methyl sites for hydroxylation is 1. The Balaban J connectivity index is 2.65. The maximum absolute atomic E-state index is 11.7. The van der Waals surface area contributed by atoms with E-state index in [0.717, 1.165) is 16.1 Å². The lowest BCUT2D eigenvalue weighted by molar-refractivity contribution is 0.100. The van der Waals surface area contributed by atoms with E-state index in [1.165, 1.54) is 11.3 Å². The van der Waals surface area contributed by atoms with Crippen LogP contribution in [0.2, 0.25) is 0 Å². The fourth-order valence-corrected chi connectivity index (χ4v) is 2.68. The number of carbonyl (C=O) groups is 1. The molecule has 0 fully saturated rings. The van der Waals surface area contributed by atoms with Gasteiger partial charge in [-0.15, -0.1) is 11.3 Å². The molecular weight excluding hydrogens is 236 g/mol. The summed E-state index contributed by atoms with van der Waals surface area (Å²) in [6, 6.07) is 3.77. The lowest BCUT2D eigenvalue weighted by Gasteiger charge is -2.04. The van der Waals surface area contributed by atoms with Crippen LogP contribution in [0.5, 0.6) is 0 Å². The molecule has 0 spiro atoms. The third-order valence-electron chi connectivity index (χ3n) is 2.55. The predicted molar refractivity (Wildman–Crippen MR) is 66.6 cm³/mol. The van der Waals surface area contributed by atoms with Crippen molar-refractivity contribution in [2.45, 2.75) is 13.8 Å². The Labute approximate surface area is 102 Å². The minimum absolute atomic E-state index is 0.481. The second kappa shape index (κ2) is 4.45. The van der Waals surface area contributed by atoms with E-state index in [0.29, 0.717) is 4.88 Å².